The minimum Gasteiger partial charge on any atom is -0.457 e. The molecule has 1 heterocycles. The van der Waals surface area contributed by atoms with Crippen LogP contribution in [0.2, 0.25) is 5.02 Å². The standard InChI is InChI=1S/C19H15ClO5S/c1-11-7-16-14(9-15(11)20)12(8-18(21)25-16)10-24-19(22)13-5-3-4-6-17(13)26(2)23/h3-9H,10H2,1-2H3/t26-/m1/s1. The van der Waals surface area contributed by atoms with Crippen molar-refractivity contribution in [2.45, 2.75) is 18.4 Å². The van der Waals surface area contributed by atoms with Crippen molar-refractivity contribution in [1.29, 1.82) is 0 Å². The lowest BCUT2D eigenvalue weighted by molar-refractivity contribution is 0.0469. The molecule has 0 saturated carbocycles. The van der Waals surface area contributed by atoms with Crippen LogP contribution in [0.4, 0.5) is 0 Å². The molecule has 2 aromatic carbocycles. The van der Waals surface area contributed by atoms with E-state index in [-0.39, 0.29) is 12.2 Å². The highest BCUT2D eigenvalue weighted by Crippen LogP contribution is 2.26. The number of hydrogen-bond donors (Lipinski definition) is 0. The zero-order chi connectivity index (χ0) is 18.8. The van der Waals surface area contributed by atoms with E-state index < -0.39 is 22.4 Å². The van der Waals surface area contributed by atoms with Gasteiger partial charge in [0.25, 0.3) is 0 Å². The van der Waals surface area contributed by atoms with E-state index in [1.165, 1.54) is 12.3 Å². The molecule has 0 saturated heterocycles. The molecule has 3 rings (SSSR count). The SMILES string of the molecule is Cc1cc2oc(=O)cc(COC(=O)c3ccccc3[S@@](C)=O)c2cc1Cl. The molecule has 0 aliphatic rings. The first-order valence-electron chi connectivity index (χ1n) is 7.69. The monoisotopic (exact) mass is 390 g/mol. The Balaban J connectivity index is 1.93. The molecule has 0 amide bonds. The summed E-state index contributed by atoms with van der Waals surface area (Å²) in [5.74, 6) is -0.615. The van der Waals surface area contributed by atoms with Crippen LogP contribution in [-0.4, -0.2) is 16.4 Å². The first-order chi connectivity index (χ1) is 12.4. The molecule has 0 aliphatic heterocycles. The minimum atomic E-state index is -1.32. The number of halogens is 1. The van der Waals surface area contributed by atoms with Gasteiger partial charge >= 0.3 is 11.6 Å². The molecule has 3 aromatic rings. The van der Waals surface area contributed by atoms with E-state index in [2.05, 4.69) is 0 Å². The van der Waals surface area contributed by atoms with Crippen molar-refractivity contribution in [2.24, 2.45) is 0 Å². The highest BCUT2D eigenvalue weighted by Gasteiger charge is 2.16. The molecule has 5 nitrogen and oxygen atoms in total. The molecular formula is C19H15ClO5S. The number of rotatable bonds is 4. The Kier molecular flexibility index (Phi) is 5.25. The fourth-order valence-electron chi connectivity index (χ4n) is 2.57. The second-order valence-electron chi connectivity index (χ2n) is 5.71. The first-order valence-corrected chi connectivity index (χ1v) is 9.63. The molecule has 0 radical (unpaired) electrons. The Hall–Kier alpha value is -2.44. The van der Waals surface area contributed by atoms with E-state index in [1.54, 1.807) is 43.3 Å². The van der Waals surface area contributed by atoms with E-state index in [0.717, 1.165) is 5.56 Å². The predicted molar refractivity (Wildman–Crippen MR) is 100 cm³/mol. The van der Waals surface area contributed by atoms with Crippen LogP contribution in [0.5, 0.6) is 0 Å². The summed E-state index contributed by atoms with van der Waals surface area (Å²) >= 11 is 6.15. The highest BCUT2D eigenvalue weighted by atomic mass is 35.5. The number of esters is 1. The van der Waals surface area contributed by atoms with Gasteiger partial charge in [0.1, 0.15) is 12.2 Å². The summed E-state index contributed by atoms with van der Waals surface area (Å²) in [5, 5.41) is 1.12. The molecule has 134 valence electrons. The van der Waals surface area contributed by atoms with Gasteiger partial charge in [-0.1, -0.05) is 23.7 Å². The number of aryl methyl sites for hydroxylation is 1. The third-order valence-electron chi connectivity index (χ3n) is 3.88. The van der Waals surface area contributed by atoms with Crippen molar-refractivity contribution in [3.8, 4) is 0 Å². The Morgan fingerprint density at radius 2 is 1.96 bits per heavy atom. The number of ether oxygens (including phenoxy) is 1. The molecule has 0 unspecified atom stereocenters. The Labute approximate surface area is 157 Å². The second kappa shape index (κ2) is 7.43. The summed E-state index contributed by atoms with van der Waals surface area (Å²) in [6, 6.07) is 11.1. The quantitative estimate of drug-likeness (QED) is 0.499. The minimum absolute atomic E-state index is 0.134. The van der Waals surface area contributed by atoms with Gasteiger partial charge in [-0.15, -0.1) is 0 Å². The Bertz CT molecular complexity index is 1090. The average Bonchev–Trinajstić information content (AvgIpc) is 2.60. The smallest absolute Gasteiger partial charge is 0.339 e. The molecule has 0 bridgehead atoms. The average molecular weight is 391 g/mol. The van der Waals surface area contributed by atoms with Crippen LogP contribution in [0.15, 0.2) is 56.6 Å². The highest BCUT2D eigenvalue weighted by molar-refractivity contribution is 7.84. The van der Waals surface area contributed by atoms with Gasteiger partial charge in [-0.25, -0.2) is 9.59 Å². The lowest BCUT2D eigenvalue weighted by Crippen LogP contribution is -2.10. The number of carbonyl (C=O) groups excluding carboxylic acids is 1. The molecule has 0 spiro atoms. The van der Waals surface area contributed by atoms with Gasteiger partial charge in [-0.3, -0.25) is 4.21 Å². The van der Waals surface area contributed by atoms with Gasteiger partial charge in [0.15, 0.2) is 0 Å². The first kappa shape index (κ1) is 18.4. The lowest BCUT2D eigenvalue weighted by Gasteiger charge is -2.10. The molecule has 1 atom stereocenters. The van der Waals surface area contributed by atoms with Crippen molar-refractivity contribution in [1.82, 2.24) is 0 Å². The molecule has 1 aromatic heterocycles. The van der Waals surface area contributed by atoms with E-state index >= 15 is 0 Å². The largest absolute Gasteiger partial charge is 0.457 e. The summed E-state index contributed by atoms with van der Waals surface area (Å²) in [6.07, 6.45) is 1.49. The molecule has 26 heavy (non-hydrogen) atoms. The third kappa shape index (κ3) is 3.71. The second-order valence-corrected chi connectivity index (χ2v) is 7.47. The molecule has 0 fully saturated rings. The maximum Gasteiger partial charge on any atom is 0.339 e. The summed E-state index contributed by atoms with van der Waals surface area (Å²) in [5.41, 5.74) is 1.33. The van der Waals surface area contributed by atoms with Crippen LogP contribution >= 0.6 is 11.6 Å². The summed E-state index contributed by atoms with van der Waals surface area (Å²) in [7, 11) is -1.32. The Morgan fingerprint density at radius 1 is 1.23 bits per heavy atom. The fraction of sp³-hybridized carbons (Fsp3) is 0.158. The molecular weight excluding hydrogens is 376 g/mol. The van der Waals surface area contributed by atoms with Crippen LogP contribution in [0, 0.1) is 6.92 Å². The van der Waals surface area contributed by atoms with Crippen LogP contribution < -0.4 is 5.63 Å². The topological polar surface area (TPSA) is 73.6 Å². The summed E-state index contributed by atoms with van der Waals surface area (Å²) in [6.45, 7) is 1.67. The van der Waals surface area contributed by atoms with Crippen molar-refractivity contribution < 1.29 is 18.2 Å². The van der Waals surface area contributed by atoms with Crippen LogP contribution in [-0.2, 0) is 22.1 Å². The van der Waals surface area contributed by atoms with Gasteiger partial charge in [-0.2, -0.15) is 0 Å². The molecule has 7 heteroatoms. The van der Waals surface area contributed by atoms with Crippen molar-refractivity contribution in [3.63, 3.8) is 0 Å². The maximum atomic E-state index is 12.4. The van der Waals surface area contributed by atoms with Crippen LogP contribution in [0.25, 0.3) is 11.0 Å². The third-order valence-corrected chi connectivity index (χ3v) is 5.27. The van der Waals surface area contributed by atoms with E-state index in [4.69, 9.17) is 20.8 Å². The predicted octanol–water partition coefficient (Wildman–Crippen LogP) is 3.85. The van der Waals surface area contributed by atoms with E-state index in [9.17, 15) is 13.8 Å². The van der Waals surface area contributed by atoms with Crippen LogP contribution in [0.1, 0.15) is 21.5 Å². The van der Waals surface area contributed by atoms with Gasteiger partial charge in [-0.05, 0) is 36.8 Å². The zero-order valence-electron chi connectivity index (χ0n) is 14.1. The summed E-state index contributed by atoms with van der Waals surface area (Å²) in [4.78, 5) is 24.6. The fourth-order valence-corrected chi connectivity index (χ4v) is 3.47. The maximum absolute atomic E-state index is 12.4. The van der Waals surface area contributed by atoms with Gasteiger partial charge in [0.2, 0.25) is 0 Å². The zero-order valence-corrected chi connectivity index (χ0v) is 15.6. The van der Waals surface area contributed by atoms with E-state index in [0.29, 0.717) is 26.5 Å². The van der Waals surface area contributed by atoms with Crippen molar-refractivity contribution >= 4 is 39.3 Å². The van der Waals surface area contributed by atoms with Crippen molar-refractivity contribution in [2.75, 3.05) is 6.26 Å². The van der Waals surface area contributed by atoms with Crippen molar-refractivity contribution in [3.05, 3.63) is 74.6 Å². The number of hydrogen-bond acceptors (Lipinski definition) is 5. The molecule has 0 N–H and O–H groups in total. The van der Waals surface area contributed by atoms with Gasteiger partial charge < -0.3 is 9.15 Å². The van der Waals surface area contributed by atoms with E-state index in [1.807, 2.05) is 0 Å². The summed E-state index contributed by atoms with van der Waals surface area (Å²) < 4.78 is 22.3. The normalized spacial score (nSPS) is 12.1. The van der Waals surface area contributed by atoms with Gasteiger partial charge in [0.05, 0.1) is 21.3 Å². The number of fused-ring (bicyclic) bond motifs is 1. The number of benzene rings is 2. The lowest BCUT2D eigenvalue weighted by atomic mass is 10.1. The number of carbonyl (C=O) groups is 1. The van der Waals surface area contributed by atoms with Gasteiger partial charge in [0, 0.05) is 28.3 Å². The van der Waals surface area contributed by atoms with Crippen LogP contribution in [0.3, 0.4) is 0 Å². The molecule has 0 aliphatic carbocycles. The Morgan fingerprint density at radius 3 is 2.69 bits per heavy atom.